The molecule has 0 bridgehead atoms. The zero-order valence-electron chi connectivity index (χ0n) is 11.5. The third-order valence-corrected chi connectivity index (χ3v) is 4.07. The van der Waals surface area contributed by atoms with Crippen LogP contribution in [-0.4, -0.2) is 31.3 Å². The van der Waals surface area contributed by atoms with Crippen LogP contribution in [0.3, 0.4) is 0 Å². The molecule has 0 aromatic heterocycles. The number of methoxy groups -OCH3 is 1. The molecule has 0 radical (unpaired) electrons. The Balaban J connectivity index is 1.96. The van der Waals surface area contributed by atoms with E-state index in [1.807, 2.05) is 24.3 Å². The molecule has 0 aliphatic heterocycles. The molecule has 0 saturated heterocycles. The van der Waals surface area contributed by atoms with E-state index in [4.69, 9.17) is 9.84 Å². The van der Waals surface area contributed by atoms with E-state index in [0.29, 0.717) is 6.04 Å². The molecule has 4 heteroatoms. The molecule has 0 heterocycles. The maximum Gasteiger partial charge on any atom is 0.306 e. The summed E-state index contributed by atoms with van der Waals surface area (Å²) in [6.07, 6.45) is 3.44. The van der Waals surface area contributed by atoms with Crippen LogP contribution in [0.25, 0.3) is 0 Å². The first-order chi connectivity index (χ1) is 9.11. The summed E-state index contributed by atoms with van der Waals surface area (Å²) in [5.41, 5.74) is 1.15. The molecule has 1 aromatic rings. The Morgan fingerprint density at radius 3 is 2.26 bits per heavy atom. The van der Waals surface area contributed by atoms with E-state index < -0.39 is 5.97 Å². The number of hydrogen-bond donors (Lipinski definition) is 1. The van der Waals surface area contributed by atoms with Crippen LogP contribution in [0.5, 0.6) is 5.75 Å². The lowest BCUT2D eigenvalue weighted by Crippen LogP contribution is -2.36. The van der Waals surface area contributed by atoms with Gasteiger partial charge in [-0.05, 0) is 49.9 Å². The molecule has 1 aromatic carbocycles. The van der Waals surface area contributed by atoms with Gasteiger partial charge in [-0.2, -0.15) is 0 Å². The van der Waals surface area contributed by atoms with Gasteiger partial charge in [0.2, 0.25) is 0 Å². The number of aliphatic carboxylic acids is 1. The number of nitrogens with zero attached hydrogens (tertiary/aromatic N) is 1. The zero-order valence-corrected chi connectivity index (χ0v) is 11.5. The largest absolute Gasteiger partial charge is 0.497 e. The van der Waals surface area contributed by atoms with Crippen LogP contribution < -0.4 is 9.64 Å². The Bertz CT molecular complexity index is 422. The molecule has 0 atom stereocenters. The van der Waals surface area contributed by atoms with Gasteiger partial charge in [0.1, 0.15) is 5.75 Å². The van der Waals surface area contributed by atoms with E-state index in [0.717, 1.165) is 37.1 Å². The third kappa shape index (κ3) is 3.19. The quantitative estimate of drug-likeness (QED) is 0.907. The average Bonchev–Trinajstić information content (AvgIpc) is 2.46. The first kappa shape index (κ1) is 13.7. The van der Waals surface area contributed by atoms with Crippen molar-refractivity contribution in [2.45, 2.75) is 31.7 Å². The molecule has 1 saturated carbocycles. The van der Waals surface area contributed by atoms with Gasteiger partial charge >= 0.3 is 5.97 Å². The average molecular weight is 263 g/mol. The Morgan fingerprint density at radius 2 is 1.79 bits per heavy atom. The van der Waals surface area contributed by atoms with Crippen LogP contribution in [0.2, 0.25) is 0 Å². The van der Waals surface area contributed by atoms with Gasteiger partial charge in [-0.15, -0.1) is 0 Å². The molecule has 1 fully saturated rings. The zero-order chi connectivity index (χ0) is 13.8. The van der Waals surface area contributed by atoms with Crippen molar-refractivity contribution >= 4 is 11.7 Å². The summed E-state index contributed by atoms with van der Waals surface area (Å²) in [7, 11) is 3.74. The fourth-order valence-corrected chi connectivity index (χ4v) is 2.74. The predicted molar refractivity (Wildman–Crippen MR) is 74.8 cm³/mol. The van der Waals surface area contributed by atoms with Gasteiger partial charge in [0.05, 0.1) is 13.0 Å². The summed E-state index contributed by atoms with van der Waals surface area (Å²) in [6, 6.07) is 8.43. The van der Waals surface area contributed by atoms with E-state index in [2.05, 4.69) is 11.9 Å². The standard InChI is InChI=1S/C15H21NO3/c1-16(13-7-9-14(19-2)10-8-13)12-5-3-11(4-6-12)15(17)18/h7-12H,3-6H2,1-2H3,(H,17,18). The van der Waals surface area contributed by atoms with E-state index in [1.165, 1.54) is 0 Å². The molecule has 0 unspecified atom stereocenters. The van der Waals surface area contributed by atoms with Crippen molar-refractivity contribution in [1.82, 2.24) is 0 Å². The monoisotopic (exact) mass is 263 g/mol. The Morgan fingerprint density at radius 1 is 1.21 bits per heavy atom. The number of hydrogen-bond acceptors (Lipinski definition) is 3. The summed E-state index contributed by atoms with van der Waals surface area (Å²) in [6.45, 7) is 0. The number of ether oxygens (including phenoxy) is 1. The van der Waals surface area contributed by atoms with E-state index in [9.17, 15) is 4.79 Å². The normalized spacial score (nSPS) is 22.8. The van der Waals surface area contributed by atoms with Crippen molar-refractivity contribution in [2.75, 3.05) is 19.1 Å². The first-order valence-electron chi connectivity index (χ1n) is 6.71. The third-order valence-electron chi connectivity index (χ3n) is 4.07. The second-order valence-electron chi connectivity index (χ2n) is 5.15. The van der Waals surface area contributed by atoms with E-state index >= 15 is 0 Å². The lowest BCUT2D eigenvalue weighted by atomic mass is 9.85. The van der Waals surface area contributed by atoms with Crippen molar-refractivity contribution in [3.63, 3.8) is 0 Å². The fourth-order valence-electron chi connectivity index (χ4n) is 2.74. The SMILES string of the molecule is COc1ccc(N(C)C2CCC(C(=O)O)CC2)cc1. The van der Waals surface area contributed by atoms with Gasteiger partial charge in [-0.3, -0.25) is 4.79 Å². The van der Waals surface area contributed by atoms with Crippen LogP contribution in [0.15, 0.2) is 24.3 Å². The number of anilines is 1. The number of carboxylic acids is 1. The summed E-state index contributed by atoms with van der Waals surface area (Å²) in [5, 5.41) is 9.01. The highest BCUT2D eigenvalue weighted by Crippen LogP contribution is 2.30. The minimum absolute atomic E-state index is 0.152. The van der Waals surface area contributed by atoms with Gasteiger partial charge in [0, 0.05) is 18.8 Å². The predicted octanol–water partition coefficient (Wildman–Crippen LogP) is 2.77. The highest BCUT2D eigenvalue weighted by Gasteiger charge is 2.27. The van der Waals surface area contributed by atoms with Gasteiger partial charge in [0.15, 0.2) is 0 Å². The molecule has 1 N–H and O–H groups in total. The Labute approximate surface area is 114 Å². The van der Waals surface area contributed by atoms with Gasteiger partial charge in [-0.1, -0.05) is 0 Å². The Kier molecular flexibility index (Phi) is 4.30. The topological polar surface area (TPSA) is 49.8 Å². The van der Waals surface area contributed by atoms with Crippen LogP contribution in [-0.2, 0) is 4.79 Å². The molecule has 1 aliphatic rings. The minimum Gasteiger partial charge on any atom is -0.497 e. The summed E-state index contributed by atoms with van der Waals surface area (Å²) < 4.78 is 5.15. The maximum absolute atomic E-state index is 10.9. The van der Waals surface area contributed by atoms with Crippen molar-refractivity contribution in [2.24, 2.45) is 5.92 Å². The van der Waals surface area contributed by atoms with E-state index in [1.54, 1.807) is 7.11 Å². The number of rotatable bonds is 4. The van der Waals surface area contributed by atoms with Crippen molar-refractivity contribution in [1.29, 1.82) is 0 Å². The molecule has 2 rings (SSSR count). The lowest BCUT2D eigenvalue weighted by molar-refractivity contribution is -0.142. The second-order valence-corrected chi connectivity index (χ2v) is 5.15. The molecule has 19 heavy (non-hydrogen) atoms. The summed E-state index contributed by atoms with van der Waals surface area (Å²) in [4.78, 5) is 13.2. The van der Waals surface area contributed by atoms with Crippen molar-refractivity contribution in [3.8, 4) is 5.75 Å². The molecule has 1 aliphatic carbocycles. The highest BCUT2D eigenvalue weighted by molar-refractivity contribution is 5.70. The fraction of sp³-hybridized carbons (Fsp3) is 0.533. The smallest absolute Gasteiger partial charge is 0.306 e. The molecule has 0 amide bonds. The summed E-state index contributed by atoms with van der Waals surface area (Å²) in [5.74, 6) is 0.0535. The van der Waals surface area contributed by atoms with Gasteiger partial charge in [-0.25, -0.2) is 0 Å². The van der Waals surface area contributed by atoms with Crippen LogP contribution in [0, 0.1) is 5.92 Å². The van der Waals surface area contributed by atoms with E-state index in [-0.39, 0.29) is 5.92 Å². The molecule has 104 valence electrons. The second kappa shape index (κ2) is 5.95. The van der Waals surface area contributed by atoms with Crippen LogP contribution in [0.4, 0.5) is 5.69 Å². The molecular formula is C15H21NO3. The number of carboxylic acid groups (broad SMARTS) is 1. The highest BCUT2D eigenvalue weighted by atomic mass is 16.5. The number of benzene rings is 1. The van der Waals surface area contributed by atoms with Crippen molar-refractivity contribution in [3.05, 3.63) is 24.3 Å². The summed E-state index contributed by atoms with van der Waals surface area (Å²) >= 11 is 0. The lowest BCUT2D eigenvalue weighted by Gasteiger charge is -2.35. The van der Waals surface area contributed by atoms with Crippen LogP contribution >= 0.6 is 0 Å². The maximum atomic E-state index is 10.9. The van der Waals surface area contributed by atoms with Crippen molar-refractivity contribution < 1.29 is 14.6 Å². The molecule has 4 nitrogen and oxygen atoms in total. The molecular weight excluding hydrogens is 242 g/mol. The Hall–Kier alpha value is -1.71. The van der Waals surface area contributed by atoms with Crippen LogP contribution in [0.1, 0.15) is 25.7 Å². The van der Waals surface area contributed by atoms with Gasteiger partial charge in [0.25, 0.3) is 0 Å². The minimum atomic E-state index is -0.648. The molecule has 0 spiro atoms. The van der Waals surface area contributed by atoms with Gasteiger partial charge < -0.3 is 14.7 Å². The number of carbonyl (C=O) groups is 1. The first-order valence-corrected chi connectivity index (χ1v) is 6.71.